The monoisotopic (exact) mass is 166 g/mol. The normalized spacial score (nSPS) is 26.2. The van der Waals surface area contributed by atoms with Gasteiger partial charge in [0.2, 0.25) is 0 Å². The Morgan fingerprint density at radius 3 is 2.83 bits per heavy atom. The summed E-state index contributed by atoms with van der Waals surface area (Å²) in [4.78, 5) is 2.17. The van der Waals surface area contributed by atoms with E-state index in [-0.39, 0.29) is 5.54 Å². The molecule has 1 rings (SSSR count). The minimum atomic E-state index is 0.0134. The molecule has 1 aliphatic rings. The van der Waals surface area contributed by atoms with E-state index < -0.39 is 0 Å². The highest BCUT2D eigenvalue weighted by Crippen LogP contribution is 2.17. The third-order valence-electron chi connectivity index (χ3n) is 2.39. The largest absolute Gasteiger partial charge is 0.373 e. The van der Waals surface area contributed by atoms with Gasteiger partial charge in [0.05, 0.1) is 5.54 Å². The summed E-state index contributed by atoms with van der Waals surface area (Å²) >= 11 is 0. The Morgan fingerprint density at radius 1 is 1.50 bits per heavy atom. The summed E-state index contributed by atoms with van der Waals surface area (Å²) in [7, 11) is 2.07. The molecule has 0 aromatic carbocycles. The van der Waals surface area contributed by atoms with Crippen LogP contribution in [0.15, 0.2) is 24.4 Å². The van der Waals surface area contributed by atoms with E-state index in [2.05, 4.69) is 49.8 Å². The summed E-state index contributed by atoms with van der Waals surface area (Å²) in [5.41, 5.74) is 1.16. The zero-order valence-corrected chi connectivity index (χ0v) is 8.22. The van der Waals surface area contributed by atoms with Gasteiger partial charge in [-0.2, -0.15) is 0 Å². The predicted molar refractivity (Wildman–Crippen MR) is 53.0 cm³/mol. The van der Waals surface area contributed by atoms with Crippen molar-refractivity contribution in [3.8, 4) is 0 Å². The van der Waals surface area contributed by atoms with Gasteiger partial charge in [-0.25, -0.2) is 0 Å². The first kappa shape index (κ1) is 9.33. The highest BCUT2D eigenvalue weighted by atomic mass is 15.2. The number of nitrogens with zero attached hydrogens (tertiary/aromatic N) is 1. The molecule has 68 valence electrons. The van der Waals surface area contributed by atoms with Crippen molar-refractivity contribution in [3.05, 3.63) is 24.4 Å². The van der Waals surface area contributed by atoms with Crippen molar-refractivity contribution in [1.82, 2.24) is 10.2 Å². The number of hydrogen-bond donors (Lipinski definition) is 1. The van der Waals surface area contributed by atoms with Gasteiger partial charge in [0.15, 0.2) is 0 Å². The van der Waals surface area contributed by atoms with Crippen LogP contribution in [0.2, 0.25) is 0 Å². The Labute approximate surface area is 74.9 Å². The van der Waals surface area contributed by atoms with Crippen LogP contribution in [-0.4, -0.2) is 30.6 Å². The number of rotatable bonds is 0. The van der Waals surface area contributed by atoms with Gasteiger partial charge in [0.1, 0.15) is 0 Å². The van der Waals surface area contributed by atoms with Crippen LogP contribution in [-0.2, 0) is 0 Å². The van der Waals surface area contributed by atoms with Gasteiger partial charge in [-0.05, 0) is 13.8 Å². The first-order valence-corrected chi connectivity index (χ1v) is 4.34. The number of nitrogens with one attached hydrogen (secondary N) is 1. The van der Waals surface area contributed by atoms with Crippen molar-refractivity contribution < 1.29 is 0 Å². The van der Waals surface area contributed by atoms with Gasteiger partial charge in [-0.3, -0.25) is 0 Å². The number of likely N-dealkylation sites (N-methyl/N-ethyl adjacent to an activating group) is 1. The van der Waals surface area contributed by atoms with Crippen LogP contribution < -0.4 is 5.32 Å². The fourth-order valence-corrected chi connectivity index (χ4v) is 1.32. The molecule has 0 fully saturated rings. The summed E-state index contributed by atoms with van der Waals surface area (Å²) < 4.78 is 0. The second-order valence-electron chi connectivity index (χ2n) is 3.80. The van der Waals surface area contributed by atoms with Gasteiger partial charge in [-0.15, -0.1) is 0 Å². The Hall–Kier alpha value is -0.760. The van der Waals surface area contributed by atoms with Crippen molar-refractivity contribution in [2.45, 2.75) is 19.4 Å². The average molecular weight is 166 g/mol. The van der Waals surface area contributed by atoms with Crippen LogP contribution in [0.1, 0.15) is 13.8 Å². The third-order valence-corrected chi connectivity index (χ3v) is 2.39. The topological polar surface area (TPSA) is 15.3 Å². The quantitative estimate of drug-likeness (QED) is 0.547. The molecule has 1 heterocycles. The maximum Gasteiger partial charge on any atom is 0.0524 e. The minimum Gasteiger partial charge on any atom is -0.373 e. The average Bonchev–Trinajstić information content (AvgIpc) is 2.00. The second-order valence-corrected chi connectivity index (χ2v) is 3.80. The molecule has 1 N–H and O–H groups in total. The number of hydrogen-bond acceptors (Lipinski definition) is 2. The van der Waals surface area contributed by atoms with E-state index in [1.807, 2.05) is 0 Å². The van der Waals surface area contributed by atoms with Gasteiger partial charge in [0.25, 0.3) is 0 Å². The van der Waals surface area contributed by atoms with Crippen molar-refractivity contribution in [3.63, 3.8) is 0 Å². The van der Waals surface area contributed by atoms with E-state index in [0.29, 0.717) is 0 Å². The van der Waals surface area contributed by atoms with Crippen LogP contribution in [0.3, 0.4) is 0 Å². The van der Waals surface area contributed by atoms with Crippen LogP contribution in [0.4, 0.5) is 0 Å². The van der Waals surface area contributed by atoms with Gasteiger partial charge >= 0.3 is 0 Å². The van der Waals surface area contributed by atoms with Crippen molar-refractivity contribution >= 4 is 0 Å². The minimum absolute atomic E-state index is 0.0134. The van der Waals surface area contributed by atoms with E-state index in [9.17, 15) is 0 Å². The third kappa shape index (κ3) is 1.89. The summed E-state index contributed by atoms with van der Waals surface area (Å²) in [5.74, 6) is 0. The molecule has 2 heteroatoms. The van der Waals surface area contributed by atoms with Crippen LogP contribution in [0.25, 0.3) is 0 Å². The Balaban J connectivity index is 2.79. The van der Waals surface area contributed by atoms with Gasteiger partial charge < -0.3 is 10.2 Å². The molecule has 0 aliphatic carbocycles. The molecule has 0 radical (unpaired) electrons. The molecule has 0 aromatic rings. The Morgan fingerprint density at radius 2 is 2.17 bits per heavy atom. The lowest BCUT2D eigenvalue weighted by Gasteiger charge is -2.35. The SMILES string of the molecule is C=C1N(C)C/C=C\CNC1(C)C. The van der Waals surface area contributed by atoms with E-state index in [4.69, 9.17) is 0 Å². The summed E-state index contributed by atoms with van der Waals surface area (Å²) in [6, 6.07) is 0. The summed E-state index contributed by atoms with van der Waals surface area (Å²) in [6.45, 7) is 10.3. The molecule has 1 aliphatic heterocycles. The van der Waals surface area contributed by atoms with E-state index in [0.717, 1.165) is 18.8 Å². The molecule has 12 heavy (non-hydrogen) atoms. The predicted octanol–water partition coefficient (Wildman–Crippen LogP) is 1.37. The Bertz CT molecular complexity index is 204. The lowest BCUT2D eigenvalue weighted by molar-refractivity contribution is 0.333. The first-order valence-electron chi connectivity index (χ1n) is 4.34. The van der Waals surface area contributed by atoms with E-state index in [1.165, 1.54) is 0 Å². The molecule has 0 unspecified atom stereocenters. The Kier molecular flexibility index (Phi) is 2.58. The maximum absolute atomic E-state index is 4.08. The fraction of sp³-hybridized carbons (Fsp3) is 0.600. The molecule has 0 saturated heterocycles. The first-order chi connectivity index (χ1) is 5.54. The molecule has 0 bridgehead atoms. The summed E-state index contributed by atoms with van der Waals surface area (Å²) in [6.07, 6.45) is 4.32. The van der Waals surface area contributed by atoms with Crippen LogP contribution >= 0.6 is 0 Å². The zero-order valence-electron chi connectivity index (χ0n) is 8.22. The van der Waals surface area contributed by atoms with Crippen LogP contribution in [0, 0.1) is 0 Å². The highest BCUT2D eigenvalue weighted by molar-refractivity contribution is 5.14. The smallest absolute Gasteiger partial charge is 0.0524 e. The molecular formula is C10H18N2. The highest BCUT2D eigenvalue weighted by Gasteiger charge is 2.23. The summed E-state index contributed by atoms with van der Waals surface area (Å²) in [5, 5.41) is 3.41. The molecule has 0 saturated carbocycles. The fourth-order valence-electron chi connectivity index (χ4n) is 1.32. The van der Waals surface area contributed by atoms with E-state index in [1.54, 1.807) is 0 Å². The van der Waals surface area contributed by atoms with Crippen molar-refractivity contribution in [1.29, 1.82) is 0 Å². The van der Waals surface area contributed by atoms with Crippen molar-refractivity contribution in [2.75, 3.05) is 20.1 Å². The second kappa shape index (κ2) is 3.31. The van der Waals surface area contributed by atoms with E-state index >= 15 is 0 Å². The zero-order chi connectivity index (χ0) is 9.19. The molecule has 0 aromatic heterocycles. The lowest BCUT2D eigenvalue weighted by atomic mass is 10.00. The molecule has 0 atom stereocenters. The molecule has 0 amide bonds. The van der Waals surface area contributed by atoms with Gasteiger partial charge in [0, 0.05) is 25.8 Å². The maximum atomic E-state index is 4.08. The van der Waals surface area contributed by atoms with Crippen molar-refractivity contribution in [2.24, 2.45) is 0 Å². The van der Waals surface area contributed by atoms with Gasteiger partial charge in [-0.1, -0.05) is 18.7 Å². The lowest BCUT2D eigenvalue weighted by Crippen LogP contribution is -2.46. The molecular weight excluding hydrogens is 148 g/mol. The van der Waals surface area contributed by atoms with Crippen LogP contribution in [0.5, 0.6) is 0 Å². The standard InChI is InChI=1S/C10H18N2/c1-9-10(2,3)11-7-5-6-8-12(9)4/h5-6,11H,1,7-8H2,2-4H3/b6-5-. The molecule has 2 nitrogen and oxygen atoms in total. The molecule has 0 spiro atoms.